The lowest BCUT2D eigenvalue weighted by molar-refractivity contribution is -0.122. The van der Waals surface area contributed by atoms with Crippen LogP contribution in [0.3, 0.4) is 0 Å². The Balaban J connectivity index is 1.52. The summed E-state index contributed by atoms with van der Waals surface area (Å²) in [7, 11) is 0. The summed E-state index contributed by atoms with van der Waals surface area (Å²) in [5, 5.41) is 19.9. The maximum absolute atomic E-state index is 12.7. The van der Waals surface area contributed by atoms with Crippen LogP contribution >= 0.6 is 22.9 Å². The Morgan fingerprint density at radius 1 is 1.07 bits per heavy atom. The van der Waals surface area contributed by atoms with E-state index in [4.69, 9.17) is 11.6 Å². The van der Waals surface area contributed by atoms with E-state index in [1.165, 1.54) is 4.80 Å². The maximum Gasteiger partial charge on any atom is 0.244 e. The SMILES string of the molecule is O=C(Cn1nnc(-c2ccsc2)n1)N[C@H](c1ccccc1)c1ccc(Cl)cc1. The molecule has 0 aliphatic rings. The molecule has 0 saturated carbocycles. The second-order valence-electron chi connectivity index (χ2n) is 6.12. The molecule has 0 radical (unpaired) electrons. The van der Waals surface area contributed by atoms with Crippen LogP contribution in [-0.4, -0.2) is 26.1 Å². The van der Waals surface area contributed by atoms with Crippen molar-refractivity contribution in [1.82, 2.24) is 25.5 Å². The lowest BCUT2D eigenvalue weighted by atomic mass is 9.99. The Bertz CT molecular complexity index is 1050. The highest BCUT2D eigenvalue weighted by molar-refractivity contribution is 7.08. The molecule has 140 valence electrons. The second kappa shape index (κ2) is 8.33. The molecule has 1 amide bonds. The summed E-state index contributed by atoms with van der Waals surface area (Å²) in [5.41, 5.74) is 2.80. The van der Waals surface area contributed by atoms with Crippen LogP contribution < -0.4 is 5.32 Å². The minimum atomic E-state index is -0.300. The number of benzene rings is 2. The van der Waals surface area contributed by atoms with Gasteiger partial charge in [0.15, 0.2) is 0 Å². The van der Waals surface area contributed by atoms with Gasteiger partial charge in [-0.25, -0.2) is 0 Å². The van der Waals surface area contributed by atoms with Crippen molar-refractivity contribution in [1.29, 1.82) is 0 Å². The molecule has 0 saturated heterocycles. The van der Waals surface area contributed by atoms with Crippen LogP contribution in [0.5, 0.6) is 0 Å². The zero-order valence-electron chi connectivity index (χ0n) is 14.7. The van der Waals surface area contributed by atoms with E-state index >= 15 is 0 Å². The lowest BCUT2D eigenvalue weighted by Crippen LogP contribution is -2.32. The molecule has 8 heteroatoms. The molecule has 4 rings (SSSR count). The van der Waals surface area contributed by atoms with E-state index < -0.39 is 0 Å². The summed E-state index contributed by atoms with van der Waals surface area (Å²) in [6.45, 7) is -0.0198. The van der Waals surface area contributed by atoms with E-state index in [1.807, 2.05) is 71.4 Å². The first-order valence-electron chi connectivity index (χ1n) is 8.59. The number of nitrogens with one attached hydrogen (secondary N) is 1. The van der Waals surface area contributed by atoms with E-state index in [0.717, 1.165) is 16.7 Å². The number of carbonyl (C=O) groups is 1. The first kappa shape index (κ1) is 18.3. The summed E-state index contributed by atoms with van der Waals surface area (Å²) in [6.07, 6.45) is 0. The molecule has 0 aliphatic carbocycles. The van der Waals surface area contributed by atoms with E-state index in [9.17, 15) is 4.79 Å². The third-order valence-corrected chi connectivity index (χ3v) is 5.09. The fourth-order valence-electron chi connectivity index (χ4n) is 2.81. The first-order valence-corrected chi connectivity index (χ1v) is 9.91. The topological polar surface area (TPSA) is 72.7 Å². The van der Waals surface area contributed by atoms with Crippen LogP contribution in [0.1, 0.15) is 17.2 Å². The van der Waals surface area contributed by atoms with Gasteiger partial charge in [0, 0.05) is 16.0 Å². The zero-order valence-corrected chi connectivity index (χ0v) is 16.3. The summed E-state index contributed by atoms with van der Waals surface area (Å²) in [5.74, 6) is 0.296. The molecule has 6 nitrogen and oxygen atoms in total. The van der Waals surface area contributed by atoms with E-state index in [1.54, 1.807) is 11.3 Å². The van der Waals surface area contributed by atoms with Gasteiger partial charge >= 0.3 is 0 Å². The first-order chi connectivity index (χ1) is 13.7. The predicted molar refractivity (Wildman–Crippen MR) is 109 cm³/mol. The van der Waals surface area contributed by atoms with Crippen LogP contribution in [0.2, 0.25) is 5.02 Å². The molecular formula is C20H16ClN5OS. The molecule has 0 unspecified atom stereocenters. The molecule has 0 spiro atoms. The highest BCUT2D eigenvalue weighted by atomic mass is 35.5. The third-order valence-electron chi connectivity index (χ3n) is 4.16. The molecule has 0 bridgehead atoms. The summed E-state index contributed by atoms with van der Waals surface area (Å²) >= 11 is 7.56. The quantitative estimate of drug-likeness (QED) is 0.523. The molecule has 2 aromatic heterocycles. The van der Waals surface area contributed by atoms with Gasteiger partial charge in [0.05, 0.1) is 6.04 Å². The van der Waals surface area contributed by atoms with Gasteiger partial charge in [-0.15, -0.1) is 10.2 Å². The normalized spacial score (nSPS) is 11.9. The van der Waals surface area contributed by atoms with Crippen molar-refractivity contribution in [3.8, 4) is 11.4 Å². The van der Waals surface area contributed by atoms with Crippen LogP contribution in [0, 0.1) is 0 Å². The van der Waals surface area contributed by atoms with Gasteiger partial charge in [0.2, 0.25) is 11.7 Å². The number of nitrogens with zero attached hydrogens (tertiary/aromatic N) is 4. The van der Waals surface area contributed by atoms with Crippen molar-refractivity contribution in [2.75, 3.05) is 0 Å². The minimum Gasteiger partial charge on any atom is -0.344 e. The Morgan fingerprint density at radius 3 is 2.54 bits per heavy atom. The number of hydrogen-bond acceptors (Lipinski definition) is 5. The predicted octanol–water partition coefficient (Wildman–Crippen LogP) is 3.96. The Morgan fingerprint density at radius 2 is 1.82 bits per heavy atom. The number of thiophene rings is 1. The van der Waals surface area contributed by atoms with Gasteiger partial charge in [-0.2, -0.15) is 16.1 Å². The van der Waals surface area contributed by atoms with Gasteiger partial charge in [-0.1, -0.05) is 54.1 Å². The number of rotatable bonds is 6. The third kappa shape index (κ3) is 4.27. The van der Waals surface area contributed by atoms with E-state index in [-0.39, 0.29) is 18.5 Å². The van der Waals surface area contributed by atoms with Crippen molar-refractivity contribution in [3.05, 3.63) is 87.6 Å². The molecule has 2 heterocycles. The summed E-state index contributed by atoms with van der Waals surface area (Å²) in [4.78, 5) is 14.0. The minimum absolute atomic E-state index is 0.0198. The van der Waals surface area contributed by atoms with E-state index in [0.29, 0.717) is 10.8 Å². The van der Waals surface area contributed by atoms with Crippen molar-refractivity contribution < 1.29 is 4.79 Å². The van der Waals surface area contributed by atoms with Crippen molar-refractivity contribution in [3.63, 3.8) is 0 Å². The smallest absolute Gasteiger partial charge is 0.244 e. The van der Waals surface area contributed by atoms with Crippen LogP contribution in [-0.2, 0) is 11.3 Å². The maximum atomic E-state index is 12.7. The van der Waals surface area contributed by atoms with Gasteiger partial charge in [-0.3, -0.25) is 4.79 Å². The van der Waals surface area contributed by atoms with Crippen LogP contribution in [0.4, 0.5) is 0 Å². The number of aromatic nitrogens is 4. The average Bonchev–Trinajstić information content (AvgIpc) is 3.39. The molecular weight excluding hydrogens is 394 g/mol. The van der Waals surface area contributed by atoms with Crippen molar-refractivity contribution in [2.45, 2.75) is 12.6 Å². The number of hydrogen-bond donors (Lipinski definition) is 1. The molecule has 0 fully saturated rings. The summed E-state index contributed by atoms with van der Waals surface area (Å²) in [6, 6.07) is 18.8. The van der Waals surface area contributed by atoms with E-state index in [2.05, 4.69) is 20.7 Å². The number of tetrazole rings is 1. The fraction of sp³-hybridized carbons (Fsp3) is 0.100. The Hall–Kier alpha value is -3.03. The molecule has 1 atom stereocenters. The standard InChI is InChI=1S/C20H16ClN5OS/c21-17-8-6-15(7-9-17)19(14-4-2-1-3-5-14)22-18(27)12-26-24-20(23-25-26)16-10-11-28-13-16/h1-11,13,19H,12H2,(H,22,27)/t19-/m1/s1. The fourth-order valence-corrected chi connectivity index (χ4v) is 3.57. The Labute approximate surface area is 170 Å². The van der Waals surface area contributed by atoms with Crippen LogP contribution in [0.15, 0.2) is 71.4 Å². The average molecular weight is 410 g/mol. The van der Waals surface area contributed by atoms with Gasteiger partial charge in [0.25, 0.3) is 0 Å². The second-order valence-corrected chi connectivity index (χ2v) is 7.33. The highest BCUT2D eigenvalue weighted by Crippen LogP contribution is 2.23. The number of amides is 1. The lowest BCUT2D eigenvalue weighted by Gasteiger charge is -2.19. The van der Waals surface area contributed by atoms with Gasteiger partial charge < -0.3 is 5.32 Å². The van der Waals surface area contributed by atoms with Crippen molar-refractivity contribution in [2.24, 2.45) is 0 Å². The van der Waals surface area contributed by atoms with Gasteiger partial charge in [0.1, 0.15) is 6.54 Å². The monoisotopic (exact) mass is 409 g/mol. The number of halogens is 1. The summed E-state index contributed by atoms with van der Waals surface area (Å²) < 4.78 is 0. The van der Waals surface area contributed by atoms with Crippen LogP contribution in [0.25, 0.3) is 11.4 Å². The molecule has 28 heavy (non-hydrogen) atoms. The molecule has 4 aromatic rings. The van der Waals surface area contributed by atoms with Crippen molar-refractivity contribution >= 4 is 28.8 Å². The molecule has 0 aliphatic heterocycles. The largest absolute Gasteiger partial charge is 0.344 e. The Kier molecular flexibility index (Phi) is 5.45. The number of carbonyl (C=O) groups excluding carboxylic acids is 1. The zero-order chi connectivity index (χ0) is 19.3. The van der Waals surface area contributed by atoms with Gasteiger partial charge in [-0.05, 0) is 39.9 Å². The highest BCUT2D eigenvalue weighted by Gasteiger charge is 2.18. The molecule has 1 N–H and O–H groups in total. The molecule has 2 aromatic carbocycles.